The standard InChI is InChI=1S/C15H18BrNO2S2/c1-3-8-17-14(15-13(16)7-9-20-15)11-5-4-6-12(10-11)21(2,18)19/h4-7,9-10,14,17H,3,8H2,1-2H3. The monoisotopic (exact) mass is 387 g/mol. The molecule has 1 heterocycles. The van der Waals surface area contributed by atoms with Crippen LogP contribution in [-0.4, -0.2) is 21.2 Å². The first-order chi connectivity index (χ1) is 9.93. The molecule has 3 nitrogen and oxygen atoms in total. The molecule has 0 aliphatic carbocycles. The Hall–Kier alpha value is -0.690. The maximum absolute atomic E-state index is 11.7. The van der Waals surface area contributed by atoms with E-state index >= 15 is 0 Å². The minimum Gasteiger partial charge on any atom is -0.306 e. The molecule has 1 atom stereocenters. The van der Waals surface area contributed by atoms with E-state index in [0.29, 0.717) is 4.90 Å². The van der Waals surface area contributed by atoms with E-state index in [1.807, 2.05) is 17.5 Å². The number of nitrogens with one attached hydrogen (secondary N) is 1. The van der Waals surface area contributed by atoms with Crippen LogP contribution in [0.5, 0.6) is 0 Å². The van der Waals surface area contributed by atoms with E-state index in [4.69, 9.17) is 0 Å². The van der Waals surface area contributed by atoms with Gasteiger partial charge in [-0.3, -0.25) is 0 Å². The van der Waals surface area contributed by atoms with Gasteiger partial charge in [-0.1, -0.05) is 19.1 Å². The summed E-state index contributed by atoms with van der Waals surface area (Å²) in [6.45, 7) is 2.98. The summed E-state index contributed by atoms with van der Waals surface area (Å²) in [6, 6.07) is 9.18. The molecule has 1 unspecified atom stereocenters. The zero-order valence-electron chi connectivity index (χ0n) is 12.0. The summed E-state index contributed by atoms with van der Waals surface area (Å²) in [6.07, 6.45) is 2.26. The van der Waals surface area contributed by atoms with Gasteiger partial charge in [-0.15, -0.1) is 11.3 Å². The van der Waals surface area contributed by atoms with Gasteiger partial charge in [0.05, 0.1) is 10.9 Å². The third-order valence-electron chi connectivity index (χ3n) is 3.12. The first-order valence-electron chi connectivity index (χ1n) is 6.69. The van der Waals surface area contributed by atoms with Crippen molar-refractivity contribution in [3.63, 3.8) is 0 Å². The summed E-state index contributed by atoms with van der Waals surface area (Å²) >= 11 is 5.22. The van der Waals surface area contributed by atoms with Gasteiger partial charge in [0.2, 0.25) is 0 Å². The highest BCUT2D eigenvalue weighted by Gasteiger charge is 2.19. The minimum absolute atomic E-state index is 0.000949. The third kappa shape index (κ3) is 4.16. The van der Waals surface area contributed by atoms with Crippen molar-refractivity contribution in [2.45, 2.75) is 24.3 Å². The second-order valence-corrected chi connectivity index (χ2v) is 8.68. The van der Waals surface area contributed by atoms with Gasteiger partial charge in [0.1, 0.15) is 0 Å². The van der Waals surface area contributed by atoms with E-state index in [9.17, 15) is 8.42 Å². The van der Waals surface area contributed by atoms with Crippen molar-refractivity contribution in [1.29, 1.82) is 0 Å². The molecule has 0 amide bonds. The highest BCUT2D eigenvalue weighted by Crippen LogP contribution is 2.33. The van der Waals surface area contributed by atoms with Gasteiger partial charge in [0, 0.05) is 15.6 Å². The molecule has 114 valence electrons. The van der Waals surface area contributed by atoms with E-state index in [2.05, 4.69) is 28.2 Å². The number of hydrogen-bond donors (Lipinski definition) is 1. The minimum atomic E-state index is -3.19. The number of thiophene rings is 1. The van der Waals surface area contributed by atoms with E-state index in [1.165, 1.54) is 6.26 Å². The Balaban J connectivity index is 2.44. The Kier molecular flexibility index (Phi) is 5.60. The third-order valence-corrected chi connectivity index (χ3v) is 6.17. The molecular formula is C15H18BrNO2S2. The molecule has 1 aromatic carbocycles. The topological polar surface area (TPSA) is 46.2 Å². The van der Waals surface area contributed by atoms with Crippen LogP contribution in [0.25, 0.3) is 0 Å². The molecule has 2 rings (SSSR count). The zero-order valence-corrected chi connectivity index (χ0v) is 15.2. The Morgan fingerprint density at radius 3 is 2.67 bits per heavy atom. The molecule has 0 spiro atoms. The number of hydrogen-bond acceptors (Lipinski definition) is 4. The van der Waals surface area contributed by atoms with Gasteiger partial charge in [-0.25, -0.2) is 8.42 Å². The predicted molar refractivity (Wildman–Crippen MR) is 91.7 cm³/mol. The van der Waals surface area contributed by atoms with Gasteiger partial charge in [0.25, 0.3) is 0 Å². The fraction of sp³-hybridized carbons (Fsp3) is 0.333. The van der Waals surface area contributed by atoms with Crippen LogP contribution < -0.4 is 5.32 Å². The molecule has 1 aromatic heterocycles. The Morgan fingerprint density at radius 2 is 2.10 bits per heavy atom. The van der Waals surface area contributed by atoms with Gasteiger partial charge < -0.3 is 5.32 Å². The molecule has 0 aliphatic rings. The summed E-state index contributed by atoms with van der Waals surface area (Å²) in [7, 11) is -3.19. The lowest BCUT2D eigenvalue weighted by molar-refractivity contribution is 0.596. The molecule has 1 N–H and O–H groups in total. The SMILES string of the molecule is CCCNC(c1cccc(S(C)(=O)=O)c1)c1sccc1Br. The quantitative estimate of drug-likeness (QED) is 0.814. The van der Waals surface area contributed by atoms with Crippen LogP contribution in [-0.2, 0) is 9.84 Å². The molecule has 0 radical (unpaired) electrons. The Morgan fingerprint density at radius 1 is 1.33 bits per heavy atom. The molecule has 21 heavy (non-hydrogen) atoms. The smallest absolute Gasteiger partial charge is 0.175 e. The van der Waals surface area contributed by atoms with Crippen molar-refractivity contribution < 1.29 is 8.42 Å². The Bertz CT molecular complexity index is 710. The van der Waals surface area contributed by atoms with Crippen LogP contribution >= 0.6 is 27.3 Å². The normalized spacial score (nSPS) is 13.3. The molecular weight excluding hydrogens is 370 g/mol. The van der Waals surface area contributed by atoms with Crippen molar-refractivity contribution >= 4 is 37.1 Å². The largest absolute Gasteiger partial charge is 0.306 e. The lowest BCUT2D eigenvalue weighted by Crippen LogP contribution is -2.22. The lowest BCUT2D eigenvalue weighted by Gasteiger charge is -2.19. The summed E-state index contributed by atoms with van der Waals surface area (Å²) < 4.78 is 24.5. The highest BCUT2D eigenvalue weighted by atomic mass is 79.9. The Labute approximate surface area is 138 Å². The van der Waals surface area contributed by atoms with Crippen molar-refractivity contribution in [1.82, 2.24) is 5.32 Å². The fourth-order valence-corrected chi connectivity index (χ4v) is 4.47. The lowest BCUT2D eigenvalue weighted by atomic mass is 10.1. The van der Waals surface area contributed by atoms with Crippen molar-refractivity contribution in [2.24, 2.45) is 0 Å². The number of rotatable bonds is 6. The van der Waals surface area contributed by atoms with Gasteiger partial charge in [0.15, 0.2) is 9.84 Å². The maximum atomic E-state index is 11.7. The van der Waals surface area contributed by atoms with E-state index < -0.39 is 9.84 Å². The van der Waals surface area contributed by atoms with Crippen molar-refractivity contribution in [2.75, 3.05) is 12.8 Å². The van der Waals surface area contributed by atoms with Crippen LogP contribution in [0.2, 0.25) is 0 Å². The zero-order chi connectivity index (χ0) is 15.5. The second kappa shape index (κ2) is 7.05. The first-order valence-corrected chi connectivity index (χ1v) is 10.3. The highest BCUT2D eigenvalue weighted by molar-refractivity contribution is 9.10. The second-order valence-electron chi connectivity index (χ2n) is 4.86. The van der Waals surface area contributed by atoms with E-state index in [-0.39, 0.29) is 6.04 Å². The fourth-order valence-electron chi connectivity index (χ4n) is 2.09. The first kappa shape index (κ1) is 16.7. The summed E-state index contributed by atoms with van der Waals surface area (Å²) in [4.78, 5) is 1.52. The molecule has 0 saturated carbocycles. The van der Waals surface area contributed by atoms with E-state index in [0.717, 1.165) is 27.9 Å². The van der Waals surface area contributed by atoms with Gasteiger partial charge in [-0.05, 0) is 58.0 Å². The van der Waals surface area contributed by atoms with Gasteiger partial charge >= 0.3 is 0 Å². The average molecular weight is 388 g/mol. The summed E-state index contributed by atoms with van der Waals surface area (Å²) in [5.74, 6) is 0. The molecule has 0 aliphatic heterocycles. The average Bonchev–Trinajstić information content (AvgIpc) is 2.85. The van der Waals surface area contributed by atoms with Crippen molar-refractivity contribution in [3.05, 3.63) is 50.6 Å². The number of benzene rings is 1. The predicted octanol–water partition coefficient (Wildman–Crippen LogP) is 4.00. The van der Waals surface area contributed by atoms with Crippen LogP contribution in [0, 0.1) is 0 Å². The number of halogens is 1. The van der Waals surface area contributed by atoms with Gasteiger partial charge in [-0.2, -0.15) is 0 Å². The molecule has 2 aromatic rings. The maximum Gasteiger partial charge on any atom is 0.175 e. The van der Waals surface area contributed by atoms with Crippen LogP contribution in [0.15, 0.2) is 45.1 Å². The molecule has 6 heteroatoms. The van der Waals surface area contributed by atoms with Crippen LogP contribution in [0.4, 0.5) is 0 Å². The van der Waals surface area contributed by atoms with Crippen molar-refractivity contribution in [3.8, 4) is 0 Å². The summed E-state index contributed by atoms with van der Waals surface area (Å²) in [5.41, 5.74) is 0.967. The molecule has 0 fully saturated rings. The van der Waals surface area contributed by atoms with Crippen LogP contribution in [0.3, 0.4) is 0 Å². The number of sulfone groups is 1. The summed E-state index contributed by atoms with van der Waals surface area (Å²) in [5, 5.41) is 5.52. The molecule has 0 saturated heterocycles. The van der Waals surface area contributed by atoms with Crippen LogP contribution in [0.1, 0.15) is 29.8 Å². The van der Waals surface area contributed by atoms with E-state index in [1.54, 1.807) is 29.5 Å². The molecule has 0 bridgehead atoms.